The molecular formula is C22H20N2O3S. The van der Waals surface area contributed by atoms with Crippen molar-refractivity contribution in [1.29, 1.82) is 0 Å². The van der Waals surface area contributed by atoms with Gasteiger partial charge in [-0.1, -0.05) is 18.2 Å². The van der Waals surface area contributed by atoms with Gasteiger partial charge < -0.3 is 15.0 Å². The van der Waals surface area contributed by atoms with Crippen LogP contribution in [-0.4, -0.2) is 30.4 Å². The normalized spacial score (nSPS) is 13.0. The summed E-state index contributed by atoms with van der Waals surface area (Å²) in [7, 11) is 1.64. The Kier molecular flexibility index (Phi) is 5.12. The SMILES string of the molecule is COc1ccc2c(c1)CN(C(=O)c1cccc(NC(=O)c3cccs3)c1)CC2. The summed E-state index contributed by atoms with van der Waals surface area (Å²) in [5, 5.41) is 4.72. The molecule has 2 aromatic carbocycles. The maximum Gasteiger partial charge on any atom is 0.265 e. The van der Waals surface area contributed by atoms with Gasteiger partial charge in [0.05, 0.1) is 12.0 Å². The van der Waals surface area contributed by atoms with Crippen molar-refractivity contribution < 1.29 is 14.3 Å². The molecule has 0 radical (unpaired) electrons. The van der Waals surface area contributed by atoms with Crippen molar-refractivity contribution in [3.63, 3.8) is 0 Å². The predicted molar refractivity (Wildman–Crippen MR) is 110 cm³/mol. The van der Waals surface area contributed by atoms with Crippen LogP contribution in [0.25, 0.3) is 0 Å². The molecule has 0 saturated carbocycles. The lowest BCUT2D eigenvalue weighted by Gasteiger charge is -2.29. The fourth-order valence-corrected chi connectivity index (χ4v) is 3.97. The zero-order chi connectivity index (χ0) is 19.5. The molecule has 1 aromatic heterocycles. The summed E-state index contributed by atoms with van der Waals surface area (Å²) in [4.78, 5) is 27.7. The van der Waals surface area contributed by atoms with Crippen LogP contribution < -0.4 is 10.1 Å². The number of thiophene rings is 1. The highest BCUT2D eigenvalue weighted by atomic mass is 32.1. The van der Waals surface area contributed by atoms with E-state index in [-0.39, 0.29) is 11.8 Å². The largest absolute Gasteiger partial charge is 0.497 e. The van der Waals surface area contributed by atoms with Gasteiger partial charge in [-0.25, -0.2) is 0 Å². The van der Waals surface area contributed by atoms with Crippen molar-refractivity contribution in [2.24, 2.45) is 0 Å². The maximum atomic E-state index is 13.0. The Morgan fingerprint density at radius 3 is 2.75 bits per heavy atom. The van der Waals surface area contributed by atoms with E-state index < -0.39 is 0 Å². The Labute approximate surface area is 167 Å². The molecule has 0 spiro atoms. The quantitative estimate of drug-likeness (QED) is 0.724. The van der Waals surface area contributed by atoms with Gasteiger partial charge in [0.2, 0.25) is 0 Å². The van der Waals surface area contributed by atoms with Crippen LogP contribution in [-0.2, 0) is 13.0 Å². The van der Waals surface area contributed by atoms with Gasteiger partial charge >= 0.3 is 0 Å². The Hall–Kier alpha value is -3.12. The first-order valence-electron chi connectivity index (χ1n) is 9.04. The van der Waals surface area contributed by atoms with Crippen molar-refractivity contribution in [2.45, 2.75) is 13.0 Å². The first kappa shape index (κ1) is 18.3. The molecule has 4 rings (SSSR count). The van der Waals surface area contributed by atoms with Gasteiger partial charge in [-0.2, -0.15) is 0 Å². The second-order valence-corrected chi connectivity index (χ2v) is 7.57. The highest BCUT2D eigenvalue weighted by Crippen LogP contribution is 2.25. The molecule has 1 aliphatic heterocycles. The van der Waals surface area contributed by atoms with Gasteiger partial charge in [-0.05, 0) is 59.3 Å². The molecule has 0 unspecified atom stereocenters. The van der Waals surface area contributed by atoms with Gasteiger partial charge in [0.1, 0.15) is 5.75 Å². The molecule has 2 amide bonds. The summed E-state index contributed by atoms with van der Waals surface area (Å²) in [5.74, 6) is 0.589. The summed E-state index contributed by atoms with van der Waals surface area (Å²) in [6, 6.07) is 16.7. The number of nitrogens with one attached hydrogen (secondary N) is 1. The van der Waals surface area contributed by atoms with Crippen LogP contribution in [0, 0.1) is 0 Å². The highest BCUT2D eigenvalue weighted by molar-refractivity contribution is 7.12. The Morgan fingerprint density at radius 1 is 1.07 bits per heavy atom. The minimum absolute atomic E-state index is 0.0410. The fraction of sp³-hybridized carbons (Fsp3) is 0.182. The molecule has 3 aromatic rings. The summed E-state index contributed by atoms with van der Waals surface area (Å²) >= 11 is 1.38. The van der Waals surface area contributed by atoms with E-state index in [0.717, 1.165) is 17.7 Å². The molecule has 0 aliphatic carbocycles. The molecule has 0 saturated heterocycles. The van der Waals surface area contributed by atoms with Crippen LogP contribution in [0.2, 0.25) is 0 Å². The number of fused-ring (bicyclic) bond motifs is 1. The number of anilines is 1. The van der Waals surface area contributed by atoms with Crippen molar-refractivity contribution in [1.82, 2.24) is 4.90 Å². The van der Waals surface area contributed by atoms with Crippen LogP contribution in [0.4, 0.5) is 5.69 Å². The van der Waals surface area contributed by atoms with Gasteiger partial charge in [-0.15, -0.1) is 11.3 Å². The van der Waals surface area contributed by atoms with E-state index in [2.05, 4.69) is 11.4 Å². The molecule has 142 valence electrons. The summed E-state index contributed by atoms with van der Waals surface area (Å²) in [6.07, 6.45) is 0.819. The first-order chi connectivity index (χ1) is 13.6. The third kappa shape index (κ3) is 3.77. The van der Waals surface area contributed by atoms with Gasteiger partial charge in [0, 0.05) is 24.3 Å². The zero-order valence-electron chi connectivity index (χ0n) is 15.5. The van der Waals surface area contributed by atoms with Crippen molar-refractivity contribution in [3.8, 4) is 5.75 Å². The Balaban J connectivity index is 1.50. The number of carbonyl (C=O) groups excluding carboxylic acids is 2. The Morgan fingerprint density at radius 2 is 1.96 bits per heavy atom. The lowest BCUT2D eigenvalue weighted by molar-refractivity contribution is 0.0734. The number of ether oxygens (including phenoxy) is 1. The van der Waals surface area contributed by atoms with Crippen LogP contribution in [0.5, 0.6) is 5.75 Å². The zero-order valence-corrected chi connectivity index (χ0v) is 16.3. The Bertz CT molecular complexity index is 1010. The third-order valence-corrected chi connectivity index (χ3v) is 5.69. The second-order valence-electron chi connectivity index (χ2n) is 6.62. The average molecular weight is 392 g/mol. The molecule has 0 atom stereocenters. The van der Waals surface area contributed by atoms with Crippen molar-refractivity contribution in [2.75, 3.05) is 19.0 Å². The van der Waals surface area contributed by atoms with Crippen molar-refractivity contribution in [3.05, 3.63) is 81.5 Å². The standard InChI is InChI=1S/C22H20N2O3S/c1-27-19-8-7-15-9-10-24(14-17(15)13-19)22(26)16-4-2-5-18(12-16)23-21(25)20-6-3-11-28-20/h2-8,11-13H,9-10,14H2,1H3,(H,23,25). The predicted octanol–water partition coefficient (Wildman–Crippen LogP) is 4.21. The average Bonchev–Trinajstić information content (AvgIpc) is 3.27. The lowest BCUT2D eigenvalue weighted by Crippen LogP contribution is -2.36. The number of hydrogen-bond acceptors (Lipinski definition) is 4. The molecule has 0 fully saturated rings. The summed E-state index contributed by atoms with van der Waals surface area (Å²) in [5.41, 5.74) is 3.54. The third-order valence-electron chi connectivity index (χ3n) is 4.83. The van der Waals surface area contributed by atoms with Crippen LogP contribution in [0.3, 0.4) is 0 Å². The monoisotopic (exact) mass is 392 g/mol. The molecule has 5 nitrogen and oxygen atoms in total. The summed E-state index contributed by atoms with van der Waals surface area (Å²) < 4.78 is 5.30. The second kappa shape index (κ2) is 7.86. The van der Waals surface area contributed by atoms with E-state index in [0.29, 0.717) is 29.2 Å². The maximum absolute atomic E-state index is 13.0. The van der Waals surface area contributed by atoms with E-state index >= 15 is 0 Å². The minimum Gasteiger partial charge on any atom is -0.497 e. The van der Waals surface area contributed by atoms with Gasteiger partial charge in [-0.3, -0.25) is 9.59 Å². The van der Waals surface area contributed by atoms with Crippen LogP contribution in [0.15, 0.2) is 60.0 Å². The minimum atomic E-state index is -0.168. The number of nitrogens with zero attached hydrogens (tertiary/aromatic N) is 1. The number of hydrogen-bond donors (Lipinski definition) is 1. The smallest absolute Gasteiger partial charge is 0.265 e. The van der Waals surface area contributed by atoms with E-state index in [1.807, 2.05) is 28.5 Å². The van der Waals surface area contributed by atoms with E-state index in [1.165, 1.54) is 16.9 Å². The molecule has 2 heterocycles. The molecule has 1 aliphatic rings. The summed E-state index contributed by atoms with van der Waals surface area (Å²) in [6.45, 7) is 1.22. The fourth-order valence-electron chi connectivity index (χ4n) is 3.35. The molecule has 28 heavy (non-hydrogen) atoms. The van der Waals surface area contributed by atoms with E-state index in [4.69, 9.17) is 4.74 Å². The molecule has 0 bridgehead atoms. The van der Waals surface area contributed by atoms with Crippen LogP contribution in [0.1, 0.15) is 31.2 Å². The number of benzene rings is 2. The highest BCUT2D eigenvalue weighted by Gasteiger charge is 2.22. The molecular weight excluding hydrogens is 372 g/mol. The van der Waals surface area contributed by atoms with Gasteiger partial charge in [0.15, 0.2) is 0 Å². The number of rotatable bonds is 4. The lowest BCUT2D eigenvalue weighted by atomic mass is 9.98. The number of methoxy groups -OCH3 is 1. The van der Waals surface area contributed by atoms with Gasteiger partial charge in [0.25, 0.3) is 11.8 Å². The van der Waals surface area contributed by atoms with E-state index in [9.17, 15) is 9.59 Å². The number of amides is 2. The van der Waals surface area contributed by atoms with E-state index in [1.54, 1.807) is 37.4 Å². The van der Waals surface area contributed by atoms with Crippen molar-refractivity contribution >= 4 is 28.8 Å². The molecule has 6 heteroatoms. The first-order valence-corrected chi connectivity index (χ1v) is 9.92. The van der Waals surface area contributed by atoms with Crippen LogP contribution >= 0.6 is 11.3 Å². The number of carbonyl (C=O) groups is 2. The molecule has 1 N–H and O–H groups in total. The topological polar surface area (TPSA) is 58.6 Å².